The van der Waals surface area contributed by atoms with Crippen molar-refractivity contribution < 1.29 is 0 Å². The van der Waals surface area contributed by atoms with Gasteiger partial charge in [-0.05, 0) is 6.92 Å². The van der Waals surface area contributed by atoms with Crippen LogP contribution in [-0.4, -0.2) is 6.15 Å². The summed E-state index contributed by atoms with van der Waals surface area (Å²) in [7, 11) is 0. The summed E-state index contributed by atoms with van der Waals surface area (Å²) in [6.45, 7) is 8.81. The van der Waals surface area contributed by atoms with E-state index in [4.69, 9.17) is 0 Å². The predicted molar refractivity (Wildman–Crippen MR) is 64.5 cm³/mol. The fourth-order valence-electron chi connectivity index (χ4n) is 2.61. The van der Waals surface area contributed by atoms with E-state index in [1.165, 1.54) is 38.2 Å². The van der Waals surface area contributed by atoms with Crippen molar-refractivity contribution in [1.29, 1.82) is 0 Å². The lowest BCUT2D eigenvalue weighted by atomic mass is 9.20. The molecule has 0 aromatic carbocycles. The van der Waals surface area contributed by atoms with Gasteiger partial charge in [0.05, 0.1) is 6.15 Å². The highest BCUT2D eigenvalue weighted by molar-refractivity contribution is 6.87. The molecule has 0 aromatic heterocycles. The molecule has 0 aliphatic heterocycles. The van der Waals surface area contributed by atoms with Crippen LogP contribution in [0.1, 0.15) is 47.0 Å². The lowest BCUT2D eigenvalue weighted by Crippen LogP contribution is -2.31. The zero-order valence-corrected chi connectivity index (χ0v) is 9.82. The Labute approximate surface area is 84.4 Å². The van der Waals surface area contributed by atoms with Crippen LogP contribution in [0, 0.1) is 11.7 Å². The van der Waals surface area contributed by atoms with Crippen LogP contribution in [0.3, 0.4) is 0 Å². The van der Waals surface area contributed by atoms with E-state index in [-0.39, 0.29) is 6.15 Å². The summed E-state index contributed by atoms with van der Waals surface area (Å²) in [6.07, 6.45) is 7.53. The Hall–Kier alpha value is -0.375. The smallest absolute Gasteiger partial charge is 0.0708 e. The molecule has 0 aliphatic carbocycles. The summed E-state index contributed by atoms with van der Waals surface area (Å²) in [5, 5.41) is 0. The fraction of sp³-hybridized carbons (Fsp3) is 0.833. The molecule has 0 unspecified atom stereocenters. The second-order valence-corrected chi connectivity index (χ2v) is 4.24. The van der Waals surface area contributed by atoms with Gasteiger partial charge in [-0.25, -0.2) is 0 Å². The zero-order chi connectivity index (χ0) is 10.2. The van der Waals surface area contributed by atoms with Crippen LogP contribution in [-0.2, 0) is 0 Å². The zero-order valence-electron chi connectivity index (χ0n) is 9.82. The lowest BCUT2D eigenvalue weighted by Gasteiger charge is -2.33. The second kappa shape index (κ2) is 7.07. The quantitative estimate of drug-likeness (QED) is 0.422. The summed E-state index contributed by atoms with van der Waals surface area (Å²) in [5.74, 6) is 6.65. The number of hydrogen-bond acceptors (Lipinski definition) is 0. The topological polar surface area (TPSA) is 0 Å². The maximum atomic E-state index is 3.51. The molecule has 0 saturated heterocycles. The fourth-order valence-corrected chi connectivity index (χ4v) is 2.61. The molecule has 0 bridgehead atoms. The molecule has 0 rings (SSSR count). The van der Waals surface area contributed by atoms with Gasteiger partial charge >= 0.3 is 0 Å². The van der Waals surface area contributed by atoms with E-state index in [9.17, 15) is 0 Å². The Kier molecular flexibility index (Phi) is 6.87. The van der Waals surface area contributed by atoms with Crippen LogP contribution in [0.25, 0.3) is 0 Å². The molecule has 1 heteroatoms. The SMILES string of the molecule is CC#C[B-](CCC)(CCC)CCC. The van der Waals surface area contributed by atoms with Crippen molar-refractivity contribution >= 4 is 6.15 Å². The summed E-state index contributed by atoms with van der Waals surface area (Å²) < 4.78 is 0. The average Bonchev–Trinajstić information content (AvgIpc) is 2.06. The van der Waals surface area contributed by atoms with Crippen LogP contribution < -0.4 is 0 Å². The Morgan fingerprint density at radius 2 is 1.23 bits per heavy atom. The summed E-state index contributed by atoms with van der Waals surface area (Å²) in [5.41, 5.74) is 0. The van der Waals surface area contributed by atoms with E-state index < -0.39 is 0 Å². The molecule has 0 atom stereocenters. The van der Waals surface area contributed by atoms with Crippen LogP contribution in [0.5, 0.6) is 0 Å². The van der Waals surface area contributed by atoms with Crippen molar-refractivity contribution in [3.8, 4) is 11.7 Å². The van der Waals surface area contributed by atoms with E-state index in [1.54, 1.807) is 0 Å². The van der Waals surface area contributed by atoms with Crippen molar-refractivity contribution in [2.45, 2.75) is 65.9 Å². The highest BCUT2D eigenvalue weighted by Crippen LogP contribution is 2.25. The van der Waals surface area contributed by atoms with Gasteiger partial charge in [-0.1, -0.05) is 40.0 Å². The summed E-state index contributed by atoms with van der Waals surface area (Å²) in [6, 6.07) is 0. The number of rotatable bonds is 6. The molecule has 0 fully saturated rings. The number of hydrogen-bond donors (Lipinski definition) is 0. The van der Waals surface area contributed by atoms with Crippen molar-refractivity contribution in [2.75, 3.05) is 0 Å². The third-order valence-corrected chi connectivity index (χ3v) is 2.97. The Morgan fingerprint density at radius 1 is 0.846 bits per heavy atom. The normalized spacial score (nSPS) is 10.8. The highest BCUT2D eigenvalue weighted by Gasteiger charge is 2.18. The third-order valence-electron chi connectivity index (χ3n) is 2.97. The highest BCUT2D eigenvalue weighted by atomic mass is 13.9. The van der Waals surface area contributed by atoms with Gasteiger partial charge in [-0.2, -0.15) is 24.9 Å². The molecule has 0 radical (unpaired) electrons. The van der Waals surface area contributed by atoms with E-state index in [1.807, 2.05) is 6.92 Å². The van der Waals surface area contributed by atoms with Crippen molar-refractivity contribution in [3.63, 3.8) is 0 Å². The van der Waals surface area contributed by atoms with Crippen LogP contribution >= 0.6 is 0 Å². The molecule has 0 saturated carbocycles. The average molecular weight is 179 g/mol. The predicted octanol–water partition coefficient (Wildman–Crippen LogP) is 4.23. The van der Waals surface area contributed by atoms with Crippen molar-refractivity contribution in [3.05, 3.63) is 0 Å². The third kappa shape index (κ3) is 4.41. The van der Waals surface area contributed by atoms with Crippen LogP contribution in [0.4, 0.5) is 0 Å². The summed E-state index contributed by atoms with van der Waals surface area (Å²) >= 11 is 0. The molecule has 0 spiro atoms. The molecule has 0 nitrogen and oxygen atoms in total. The molecule has 0 N–H and O–H groups in total. The van der Waals surface area contributed by atoms with Gasteiger partial charge in [-0.3, -0.25) is 0 Å². The van der Waals surface area contributed by atoms with Gasteiger partial charge in [-0.15, -0.1) is 0 Å². The van der Waals surface area contributed by atoms with Crippen LogP contribution in [0.15, 0.2) is 0 Å². The van der Waals surface area contributed by atoms with Crippen LogP contribution in [0.2, 0.25) is 19.0 Å². The molecule has 0 heterocycles. The lowest BCUT2D eigenvalue weighted by molar-refractivity contribution is 0.940. The second-order valence-electron chi connectivity index (χ2n) is 4.24. The van der Waals surface area contributed by atoms with Gasteiger partial charge in [0.25, 0.3) is 0 Å². The Bertz CT molecular complexity index is 156. The first kappa shape index (κ1) is 12.6. The van der Waals surface area contributed by atoms with E-state index >= 15 is 0 Å². The Balaban J connectivity index is 4.44. The van der Waals surface area contributed by atoms with Crippen molar-refractivity contribution in [1.82, 2.24) is 0 Å². The standard InChI is InChI=1S/C12H24B/c1-5-9-13(10-6-2,11-7-3)12-8-4/h5-7,9-11H2,1-4H3/q-1. The van der Waals surface area contributed by atoms with Gasteiger partial charge < -0.3 is 5.82 Å². The van der Waals surface area contributed by atoms with Gasteiger partial charge in [0.1, 0.15) is 0 Å². The van der Waals surface area contributed by atoms with Gasteiger partial charge in [0.2, 0.25) is 0 Å². The van der Waals surface area contributed by atoms with E-state index in [0.29, 0.717) is 0 Å². The molecule has 13 heavy (non-hydrogen) atoms. The minimum atomic E-state index is -0.333. The maximum Gasteiger partial charge on any atom is 0.0708 e. The largest absolute Gasteiger partial charge is 0.315 e. The maximum absolute atomic E-state index is 3.51. The Morgan fingerprint density at radius 3 is 1.46 bits per heavy atom. The molecular weight excluding hydrogens is 155 g/mol. The molecule has 0 amide bonds. The minimum absolute atomic E-state index is 0.333. The minimum Gasteiger partial charge on any atom is -0.315 e. The molecular formula is C12H24B-. The van der Waals surface area contributed by atoms with Gasteiger partial charge in [0.15, 0.2) is 0 Å². The summed E-state index contributed by atoms with van der Waals surface area (Å²) in [4.78, 5) is 0. The van der Waals surface area contributed by atoms with Crippen molar-refractivity contribution in [2.24, 2.45) is 0 Å². The first-order valence-electron chi connectivity index (χ1n) is 5.88. The van der Waals surface area contributed by atoms with Gasteiger partial charge in [0, 0.05) is 0 Å². The molecule has 0 aliphatic rings. The molecule has 0 aromatic rings. The first-order valence-corrected chi connectivity index (χ1v) is 5.88. The van der Waals surface area contributed by atoms with E-state index in [0.717, 1.165) is 0 Å². The van der Waals surface area contributed by atoms with E-state index in [2.05, 4.69) is 32.5 Å². The molecule has 76 valence electrons. The first-order chi connectivity index (χ1) is 6.24. The monoisotopic (exact) mass is 179 g/mol.